The van der Waals surface area contributed by atoms with Crippen LogP contribution in [0.3, 0.4) is 0 Å². The zero-order valence-corrected chi connectivity index (χ0v) is 19.2. The Morgan fingerprint density at radius 2 is 1.85 bits per heavy atom. The normalized spacial score (nSPS) is 23.0. The average molecular weight is 482 g/mol. The number of rotatable bonds is 10. The molecule has 2 rings (SSSR count). The van der Waals surface area contributed by atoms with E-state index >= 15 is 0 Å². The van der Waals surface area contributed by atoms with E-state index < -0.39 is 0 Å². The third kappa shape index (κ3) is 7.48. The first kappa shape index (κ1) is 23.9. The van der Waals surface area contributed by atoms with Crippen LogP contribution in [0.25, 0.3) is 0 Å². The van der Waals surface area contributed by atoms with Gasteiger partial charge in [0.15, 0.2) is 5.96 Å². The molecule has 0 aromatic rings. The SMILES string of the molecule is CN=C(NCC1CCCN1CCOC)NCC1(CCOC)CCCC1.I. The van der Waals surface area contributed by atoms with Crippen molar-refractivity contribution in [3.05, 3.63) is 0 Å². The molecular weight excluding hydrogens is 443 g/mol. The van der Waals surface area contributed by atoms with Gasteiger partial charge in [0.2, 0.25) is 0 Å². The van der Waals surface area contributed by atoms with Gasteiger partial charge in [-0.15, -0.1) is 24.0 Å². The van der Waals surface area contributed by atoms with Crippen LogP contribution in [0.4, 0.5) is 0 Å². The standard InChI is InChI=1S/C19H38N4O2.HI/c1-20-18(21-15-17-7-6-11-23(17)12-14-25-3)22-16-19(10-13-24-2)8-4-5-9-19;/h17H,4-16H2,1-3H3,(H2,20,21,22);1H. The van der Waals surface area contributed by atoms with Gasteiger partial charge in [0.05, 0.1) is 6.61 Å². The van der Waals surface area contributed by atoms with E-state index in [1.54, 1.807) is 14.2 Å². The molecule has 0 spiro atoms. The molecule has 0 amide bonds. The average Bonchev–Trinajstić information content (AvgIpc) is 3.28. The minimum atomic E-state index is 0. The lowest BCUT2D eigenvalue weighted by atomic mass is 9.83. The van der Waals surface area contributed by atoms with Crippen molar-refractivity contribution in [2.45, 2.75) is 51.0 Å². The molecular formula is C19H39IN4O2. The maximum atomic E-state index is 5.33. The zero-order chi connectivity index (χ0) is 18.0. The number of hydrogen-bond acceptors (Lipinski definition) is 4. The lowest BCUT2D eigenvalue weighted by Gasteiger charge is -2.30. The van der Waals surface area contributed by atoms with Crippen LogP contribution in [0.2, 0.25) is 0 Å². The summed E-state index contributed by atoms with van der Waals surface area (Å²) in [4.78, 5) is 6.96. The van der Waals surface area contributed by atoms with Gasteiger partial charge in [-0.25, -0.2) is 0 Å². The van der Waals surface area contributed by atoms with E-state index in [0.717, 1.165) is 45.2 Å². The first-order chi connectivity index (χ1) is 12.2. The second-order valence-electron chi connectivity index (χ2n) is 7.58. The summed E-state index contributed by atoms with van der Waals surface area (Å²) in [7, 11) is 5.44. The molecule has 7 heteroatoms. The second kappa shape index (κ2) is 13.1. The Balaban J connectivity index is 0.00000338. The predicted molar refractivity (Wildman–Crippen MR) is 119 cm³/mol. The first-order valence-corrected chi connectivity index (χ1v) is 9.89. The second-order valence-corrected chi connectivity index (χ2v) is 7.58. The molecule has 1 saturated carbocycles. The van der Waals surface area contributed by atoms with Gasteiger partial charge in [0.25, 0.3) is 0 Å². The number of nitrogens with zero attached hydrogens (tertiary/aromatic N) is 2. The van der Waals surface area contributed by atoms with Crippen molar-refractivity contribution in [3.8, 4) is 0 Å². The maximum absolute atomic E-state index is 5.33. The van der Waals surface area contributed by atoms with Crippen LogP contribution in [0, 0.1) is 5.41 Å². The lowest BCUT2D eigenvalue weighted by molar-refractivity contribution is 0.137. The fraction of sp³-hybridized carbons (Fsp3) is 0.947. The zero-order valence-electron chi connectivity index (χ0n) is 16.9. The Labute approximate surface area is 176 Å². The largest absolute Gasteiger partial charge is 0.385 e. The fourth-order valence-electron chi connectivity index (χ4n) is 4.29. The summed E-state index contributed by atoms with van der Waals surface area (Å²) in [5, 5.41) is 7.12. The Morgan fingerprint density at radius 3 is 2.50 bits per heavy atom. The summed E-state index contributed by atoms with van der Waals surface area (Å²) in [6.45, 7) is 5.81. The number of nitrogens with one attached hydrogen (secondary N) is 2. The fourth-order valence-corrected chi connectivity index (χ4v) is 4.29. The molecule has 1 aliphatic heterocycles. The van der Waals surface area contributed by atoms with E-state index in [-0.39, 0.29) is 24.0 Å². The molecule has 0 bridgehead atoms. The maximum Gasteiger partial charge on any atom is 0.191 e. The number of likely N-dealkylation sites (tertiary alicyclic amines) is 1. The summed E-state index contributed by atoms with van der Waals surface area (Å²) in [6.07, 6.45) is 8.96. The van der Waals surface area contributed by atoms with Crippen molar-refractivity contribution in [3.63, 3.8) is 0 Å². The monoisotopic (exact) mass is 482 g/mol. The summed E-state index contributed by atoms with van der Waals surface area (Å²) in [6, 6.07) is 0.586. The molecule has 26 heavy (non-hydrogen) atoms. The van der Waals surface area contributed by atoms with Crippen LogP contribution < -0.4 is 10.6 Å². The number of guanidine groups is 1. The highest BCUT2D eigenvalue weighted by molar-refractivity contribution is 14.0. The summed E-state index contributed by atoms with van der Waals surface area (Å²) in [5.41, 5.74) is 0.380. The summed E-state index contributed by atoms with van der Waals surface area (Å²) in [5.74, 6) is 0.933. The molecule has 1 heterocycles. The quantitative estimate of drug-likeness (QED) is 0.285. The van der Waals surface area contributed by atoms with Crippen LogP contribution in [0.1, 0.15) is 44.9 Å². The van der Waals surface area contributed by atoms with Gasteiger partial charge in [-0.2, -0.15) is 0 Å². The number of methoxy groups -OCH3 is 2. The Morgan fingerprint density at radius 1 is 1.12 bits per heavy atom. The number of halogens is 1. The number of ether oxygens (including phenoxy) is 2. The van der Waals surface area contributed by atoms with Gasteiger partial charge in [-0.05, 0) is 44.1 Å². The number of hydrogen-bond donors (Lipinski definition) is 2. The molecule has 0 aromatic heterocycles. The smallest absolute Gasteiger partial charge is 0.191 e. The van der Waals surface area contributed by atoms with Crippen molar-refractivity contribution in [1.82, 2.24) is 15.5 Å². The van der Waals surface area contributed by atoms with Crippen LogP contribution >= 0.6 is 24.0 Å². The van der Waals surface area contributed by atoms with E-state index in [0.29, 0.717) is 11.5 Å². The van der Waals surface area contributed by atoms with Crippen molar-refractivity contribution in [2.75, 3.05) is 60.7 Å². The van der Waals surface area contributed by atoms with E-state index in [1.807, 2.05) is 7.05 Å². The van der Waals surface area contributed by atoms with E-state index in [4.69, 9.17) is 9.47 Å². The summed E-state index contributed by atoms with van der Waals surface area (Å²) < 4.78 is 10.6. The van der Waals surface area contributed by atoms with Gasteiger partial charge >= 0.3 is 0 Å². The molecule has 2 aliphatic rings. The molecule has 0 aromatic carbocycles. The molecule has 2 N–H and O–H groups in total. The Kier molecular flexibility index (Phi) is 12.1. The van der Waals surface area contributed by atoms with Crippen molar-refractivity contribution in [1.29, 1.82) is 0 Å². The minimum Gasteiger partial charge on any atom is -0.385 e. The van der Waals surface area contributed by atoms with Gasteiger partial charge in [-0.3, -0.25) is 9.89 Å². The van der Waals surface area contributed by atoms with Crippen LogP contribution in [0.15, 0.2) is 4.99 Å². The third-order valence-electron chi connectivity index (χ3n) is 5.94. The van der Waals surface area contributed by atoms with Crippen LogP contribution in [0.5, 0.6) is 0 Å². The Hall–Kier alpha value is -0.120. The molecule has 0 radical (unpaired) electrons. The van der Waals surface area contributed by atoms with Crippen LogP contribution in [-0.4, -0.2) is 77.6 Å². The highest BCUT2D eigenvalue weighted by Crippen LogP contribution is 2.40. The van der Waals surface area contributed by atoms with Crippen molar-refractivity contribution in [2.24, 2.45) is 10.4 Å². The van der Waals surface area contributed by atoms with Gasteiger partial charge in [-0.1, -0.05) is 12.8 Å². The molecule has 1 aliphatic carbocycles. The van der Waals surface area contributed by atoms with Crippen molar-refractivity contribution >= 4 is 29.9 Å². The topological polar surface area (TPSA) is 58.1 Å². The molecule has 6 nitrogen and oxygen atoms in total. The highest BCUT2D eigenvalue weighted by atomic mass is 127. The third-order valence-corrected chi connectivity index (χ3v) is 5.94. The molecule has 2 fully saturated rings. The van der Waals surface area contributed by atoms with E-state index in [2.05, 4.69) is 20.5 Å². The summed E-state index contributed by atoms with van der Waals surface area (Å²) >= 11 is 0. The predicted octanol–water partition coefficient (Wildman–Crippen LogP) is 2.48. The van der Waals surface area contributed by atoms with Crippen LogP contribution in [-0.2, 0) is 9.47 Å². The molecule has 1 unspecified atom stereocenters. The van der Waals surface area contributed by atoms with Gasteiger partial charge in [0.1, 0.15) is 0 Å². The lowest BCUT2D eigenvalue weighted by Crippen LogP contribution is -2.47. The molecule has 154 valence electrons. The minimum absolute atomic E-state index is 0. The van der Waals surface area contributed by atoms with Gasteiger partial charge < -0.3 is 20.1 Å². The highest BCUT2D eigenvalue weighted by Gasteiger charge is 2.33. The van der Waals surface area contributed by atoms with E-state index in [1.165, 1.54) is 45.1 Å². The first-order valence-electron chi connectivity index (χ1n) is 9.89. The van der Waals surface area contributed by atoms with E-state index in [9.17, 15) is 0 Å². The molecule has 1 saturated heterocycles. The molecule has 1 atom stereocenters. The van der Waals surface area contributed by atoms with Gasteiger partial charge in [0, 0.05) is 53.6 Å². The Bertz CT molecular complexity index is 403. The van der Waals surface area contributed by atoms with Crippen molar-refractivity contribution < 1.29 is 9.47 Å². The number of aliphatic imine (C=N–C) groups is 1.